The second kappa shape index (κ2) is 15.4. The lowest BCUT2D eigenvalue weighted by atomic mass is 10.1. The molecule has 9 heteroatoms. The minimum atomic E-state index is -1.84. The number of fused-ring (bicyclic) bond motifs is 2. The summed E-state index contributed by atoms with van der Waals surface area (Å²) in [5, 5.41) is 9.97. The molecule has 0 bridgehead atoms. The van der Waals surface area contributed by atoms with Crippen molar-refractivity contribution in [2.45, 2.75) is 196 Å². The molecule has 0 spiro atoms. The van der Waals surface area contributed by atoms with Crippen LogP contribution in [0.4, 0.5) is 0 Å². The Morgan fingerprint density at radius 1 is 0.682 bits per heavy atom. The van der Waals surface area contributed by atoms with Crippen LogP contribution in [0.2, 0.25) is 36.3 Å². The van der Waals surface area contributed by atoms with Gasteiger partial charge in [-0.2, -0.15) is 0 Å². The van der Waals surface area contributed by atoms with E-state index in [0.717, 1.165) is 12.8 Å². The Hall–Kier alpha value is -0.106. The van der Waals surface area contributed by atoms with E-state index < -0.39 is 28.2 Å². The molecule has 2 heterocycles. The molecule has 266 valence electrons. The Kier molecular flexibility index (Phi) is 16.1. The molecule has 2 aliphatic heterocycles. The fraction of sp³-hybridized carbons (Fsp3) is 0.943. The number of hydrogen-bond donors (Lipinski definition) is 1. The van der Waals surface area contributed by atoms with Gasteiger partial charge in [-0.25, -0.2) is 0 Å². The SMILES string of the molecule is C.C.C.C.C=C[C@H]1C[C@H](O[Si](C)(C)C(C)(C)C)[C@@H]2OC(C)(C)O[C@@H]21.CC1(C)O[C@@H]2[C@@H](CO)C[C@H](O[Si](C)(C)C(C)(C)C)[C@@H]2O1. The van der Waals surface area contributed by atoms with Crippen LogP contribution < -0.4 is 0 Å². The molecule has 4 fully saturated rings. The quantitative estimate of drug-likeness (QED) is 0.224. The molecule has 2 saturated heterocycles. The molecule has 2 aliphatic carbocycles. The molecule has 0 aromatic rings. The summed E-state index contributed by atoms with van der Waals surface area (Å²) in [6.07, 6.45) is 4.01. The average Bonchev–Trinajstić information content (AvgIpc) is 3.44. The first-order valence-corrected chi connectivity index (χ1v) is 21.1. The van der Waals surface area contributed by atoms with Crippen LogP contribution >= 0.6 is 0 Å². The number of aliphatic hydroxyl groups excluding tert-OH is 1. The Labute approximate surface area is 276 Å². The van der Waals surface area contributed by atoms with Crippen molar-refractivity contribution < 1.29 is 32.9 Å². The Balaban J connectivity index is 0. The van der Waals surface area contributed by atoms with Gasteiger partial charge in [-0.3, -0.25) is 0 Å². The summed E-state index contributed by atoms with van der Waals surface area (Å²) in [4.78, 5) is 0. The average molecular weight is 665 g/mol. The molecule has 44 heavy (non-hydrogen) atoms. The molecule has 8 atom stereocenters. The molecule has 2 saturated carbocycles. The largest absolute Gasteiger partial charge is 0.411 e. The zero-order chi connectivity index (χ0) is 30.7. The van der Waals surface area contributed by atoms with E-state index in [9.17, 15) is 5.11 Å². The second-order valence-corrected chi connectivity index (χ2v) is 25.8. The highest BCUT2D eigenvalue weighted by Gasteiger charge is 2.57. The smallest absolute Gasteiger partial charge is 0.192 e. The standard InChI is InChI=1S/C16H30O3Si.C15H30O4Si.4CH4/c1-9-11-10-12(19-20(7,8)15(2,3)4)14-13(11)17-16(5,6)18-14;1-14(2,3)20(6,7)19-11-8-10(9-16)12-13(11)18-15(4,5)17-12;;;;/h9,11-14H,1,10H2,2-8H3;10-13,16H,8-9H2,1-7H3;4*1H4/t11-,12-,13+,14-;10-,11+,12-,13+;;;;/m01..../s1. The topological polar surface area (TPSA) is 75.6 Å². The van der Waals surface area contributed by atoms with Crippen LogP contribution in [0.1, 0.15) is 112 Å². The van der Waals surface area contributed by atoms with Gasteiger partial charge in [-0.1, -0.05) is 77.3 Å². The first-order chi connectivity index (χ1) is 17.9. The number of hydrogen-bond acceptors (Lipinski definition) is 7. The third kappa shape index (κ3) is 9.95. The van der Waals surface area contributed by atoms with Crippen LogP contribution in [0.15, 0.2) is 12.7 Å². The first-order valence-electron chi connectivity index (χ1n) is 15.2. The monoisotopic (exact) mass is 665 g/mol. The molecule has 4 rings (SSSR count). The van der Waals surface area contributed by atoms with Crippen LogP contribution in [0.5, 0.6) is 0 Å². The second-order valence-electron chi connectivity index (χ2n) is 16.3. The van der Waals surface area contributed by atoms with Gasteiger partial charge < -0.3 is 32.9 Å². The molecule has 7 nitrogen and oxygen atoms in total. The summed E-state index contributed by atoms with van der Waals surface area (Å²) >= 11 is 0. The van der Waals surface area contributed by atoms with E-state index in [0.29, 0.717) is 5.92 Å². The molecule has 0 unspecified atom stereocenters. The molecule has 0 radical (unpaired) electrons. The van der Waals surface area contributed by atoms with Gasteiger partial charge in [-0.15, -0.1) is 6.58 Å². The maximum atomic E-state index is 9.58. The molecule has 4 aliphatic rings. The highest BCUT2D eigenvalue weighted by atomic mass is 28.4. The van der Waals surface area contributed by atoms with Crippen LogP contribution in [-0.2, 0) is 27.8 Å². The summed E-state index contributed by atoms with van der Waals surface area (Å²) in [6, 6.07) is 0. The first kappa shape index (κ1) is 46.0. The minimum Gasteiger partial charge on any atom is -0.411 e. The van der Waals surface area contributed by atoms with Crippen molar-refractivity contribution >= 4 is 16.6 Å². The van der Waals surface area contributed by atoms with Crippen molar-refractivity contribution in [3.8, 4) is 0 Å². The zero-order valence-corrected chi connectivity index (χ0v) is 29.9. The lowest BCUT2D eigenvalue weighted by Gasteiger charge is -2.39. The molecule has 0 amide bonds. The van der Waals surface area contributed by atoms with Gasteiger partial charge in [0.1, 0.15) is 12.2 Å². The normalized spacial score (nSPS) is 33.7. The van der Waals surface area contributed by atoms with E-state index in [2.05, 4.69) is 74.3 Å². The molecular weight excluding hydrogens is 589 g/mol. The Morgan fingerprint density at radius 2 is 1.02 bits per heavy atom. The van der Waals surface area contributed by atoms with Crippen molar-refractivity contribution in [3.63, 3.8) is 0 Å². The fourth-order valence-electron chi connectivity index (χ4n) is 5.76. The molecular formula is C35H76O7Si2. The van der Waals surface area contributed by atoms with Crippen molar-refractivity contribution in [2.75, 3.05) is 6.61 Å². The zero-order valence-electron chi connectivity index (χ0n) is 27.9. The highest BCUT2D eigenvalue weighted by Crippen LogP contribution is 2.48. The van der Waals surface area contributed by atoms with Crippen LogP contribution in [0.3, 0.4) is 0 Å². The minimum absolute atomic E-state index is 0. The summed E-state index contributed by atoms with van der Waals surface area (Å²) < 4.78 is 37.3. The fourth-order valence-corrected chi connectivity index (χ4v) is 8.44. The maximum Gasteiger partial charge on any atom is 0.192 e. The van der Waals surface area contributed by atoms with Gasteiger partial charge in [-0.05, 0) is 76.8 Å². The van der Waals surface area contributed by atoms with Gasteiger partial charge in [0.15, 0.2) is 28.2 Å². The molecule has 1 N–H and O–H groups in total. The van der Waals surface area contributed by atoms with Gasteiger partial charge in [0.25, 0.3) is 0 Å². The van der Waals surface area contributed by atoms with Crippen molar-refractivity contribution in [2.24, 2.45) is 11.8 Å². The lowest BCUT2D eigenvalue weighted by Crippen LogP contribution is -2.46. The summed E-state index contributed by atoms with van der Waals surface area (Å²) in [5.41, 5.74) is 0. The van der Waals surface area contributed by atoms with Crippen molar-refractivity contribution in [1.29, 1.82) is 0 Å². The predicted molar refractivity (Wildman–Crippen MR) is 192 cm³/mol. The summed E-state index contributed by atoms with van der Waals surface area (Å²) in [7, 11) is -3.62. The summed E-state index contributed by atoms with van der Waals surface area (Å²) in [5.74, 6) is -0.627. The van der Waals surface area contributed by atoms with E-state index in [1.54, 1.807) is 0 Å². The number of ether oxygens (including phenoxy) is 4. The van der Waals surface area contributed by atoms with E-state index >= 15 is 0 Å². The van der Waals surface area contributed by atoms with Crippen molar-refractivity contribution in [1.82, 2.24) is 0 Å². The van der Waals surface area contributed by atoms with Gasteiger partial charge in [0.2, 0.25) is 0 Å². The van der Waals surface area contributed by atoms with E-state index in [-0.39, 0.29) is 88.9 Å². The van der Waals surface area contributed by atoms with Gasteiger partial charge >= 0.3 is 0 Å². The van der Waals surface area contributed by atoms with Crippen molar-refractivity contribution in [3.05, 3.63) is 12.7 Å². The third-order valence-electron chi connectivity index (χ3n) is 10.0. The number of rotatable bonds is 6. The molecule has 0 aromatic carbocycles. The predicted octanol–water partition coefficient (Wildman–Crippen LogP) is 9.56. The summed E-state index contributed by atoms with van der Waals surface area (Å²) in [6.45, 7) is 34.6. The highest BCUT2D eigenvalue weighted by molar-refractivity contribution is 6.74. The van der Waals surface area contributed by atoms with Gasteiger partial charge in [0, 0.05) is 18.4 Å². The van der Waals surface area contributed by atoms with Crippen LogP contribution in [0.25, 0.3) is 0 Å². The van der Waals surface area contributed by atoms with E-state index in [1.165, 1.54) is 0 Å². The van der Waals surface area contributed by atoms with Gasteiger partial charge in [0.05, 0.1) is 24.4 Å². The number of aliphatic hydroxyl groups is 1. The Morgan fingerprint density at radius 3 is 1.39 bits per heavy atom. The van der Waals surface area contributed by atoms with Crippen LogP contribution in [0, 0.1) is 11.8 Å². The van der Waals surface area contributed by atoms with E-state index in [1.807, 2.05) is 33.8 Å². The third-order valence-corrected chi connectivity index (χ3v) is 19.0. The lowest BCUT2D eigenvalue weighted by molar-refractivity contribution is -0.167. The maximum absolute atomic E-state index is 9.58. The molecule has 0 aromatic heterocycles. The van der Waals surface area contributed by atoms with E-state index in [4.69, 9.17) is 27.8 Å². The van der Waals surface area contributed by atoms with Crippen LogP contribution in [-0.4, -0.2) is 76.5 Å². The Bertz CT molecular complexity index is 890.